The average Bonchev–Trinajstić information content (AvgIpc) is 2.34. The molecule has 0 saturated carbocycles. The quantitative estimate of drug-likeness (QED) is 0.837. The van der Waals surface area contributed by atoms with E-state index < -0.39 is 18.0 Å². The molecule has 4 nitrogen and oxygen atoms in total. The summed E-state index contributed by atoms with van der Waals surface area (Å²) in [5, 5.41) is 2.64. The minimum atomic E-state index is -4.86. The van der Waals surface area contributed by atoms with Crippen LogP contribution in [0.4, 0.5) is 13.2 Å². The minimum Gasteiger partial charge on any atom is -0.356 e. The SMILES string of the molecule is CCCNC(=O)C1CCCN(C(=O)C(F)(F)F)C1. The van der Waals surface area contributed by atoms with Crippen molar-refractivity contribution in [3.8, 4) is 0 Å². The first-order valence-electron chi connectivity index (χ1n) is 6.00. The maximum atomic E-state index is 12.3. The molecule has 1 atom stereocenters. The molecular weight excluding hydrogens is 249 g/mol. The summed E-state index contributed by atoms with van der Waals surface area (Å²) in [6, 6.07) is 0. The van der Waals surface area contributed by atoms with Gasteiger partial charge in [0, 0.05) is 19.6 Å². The van der Waals surface area contributed by atoms with E-state index in [1.54, 1.807) is 0 Å². The highest BCUT2D eigenvalue weighted by Gasteiger charge is 2.44. The van der Waals surface area contributed by atoms with E-state index in [2.05, 4.69) is 5.32 Å². The second kappa shape index (κ2) is 6.06. The summed E-state index contributed by atoms with van der Waals surface area (Å²) in [5.41, 5.74) is 0. The summed E-state index contributed by atoms with van der Waals surface area (Å²) < 4.78 is 36.8. The fraction of sp³-hybridized carbons (Fsp3) is 0.818. The predicted octanol–water partition coefficient (Wildman–Crippen LogP) is 1.31. The Kier molecular flexibility index (Phi) is 4.98. The Morgan fingerprint density at radius 1 is 1.39 bits per heavy atom. The monoisotopic (exact) mass is 266 g/mol. The fourth-order valence-electron chi connectivity index (χ4n) is 1.95. The zero-order valence-corrected chi connectivity index (χ0v) is 10.2. The topological polar surface area (TPSA) is 49.4 Å². The Bertz CT molecular complexity index is 318. The Hall–Kier alpha value is -1.27. The van der Waals surface area contributed by atoms with Crippen LogP contribution in [0.25, 0.3) is 0 Å². The lowest BCUT2D eigenvalue weighted by atomic mass is 9.97. The van der Waals surface area contributed by atoms with Gasteiger partial charge in [-0.2, -0.15) is 13.2 Å². The van der Waals surface area contributed by atoms with Crippen molar-refractivity contribution in [3.05, 3.63) is 0 Å². The number of rotatable bonds is 3. The van der Waals surface area contributed by atoms with Crippen LogP contribution in [0.5, 0.6) is 0 Å². The second-order valence-electron chi connectivity index (χ2n) is 4.38. The standard InChI is InChI=1S/C11H17F3N2O2/c1-2-5-15-9(17)8-4-3-6-16(7-8)10(18)11(12,13)14/h8H,2-7H2,1H3,(H,15,17). The van der Waals surface area contributed by atoms with Crippen LogP contribution >= 0.6 is 0 Å². The molecule has 0 spiro atoms. The van der Waals surface area contributed by atoms with Crippen molar-refractivity contribution in [1.29, 1.82) is 0 Å². The molecular formula is C11H17F3N2O2. The molecule has 0 aromatic rings. The number of carbonyl (C=O) groups excluding carboxylic acids is 2. The van der Waals surface area contributed by atoms with Gasteiger partial charge in [0.1, 0.15) is 0 Å². The van der Waals surface area contributed by atoms with Gasteiger partial charge in [-0.05, 0) is 19.3 Å². The van der Waals surface area contributed by atoms with Gasteiger partial charge in [0.05, 0.1) is 5.92 Å². The minimum absolute atomic E-state index is 0.0654. The molecule has 2 amide bonds. The average molecular weight is 266 g/mol. The predicted molar refractivity (Wildman–Crippen MR) is 58.7 cm³/mol. The van der Waals surface area contributed by atoms with E-state index in [0.29, 0.717) is 19.4 Å². The first-order chi connectivity index (χ1) is 8.36. The Morgan fingerprint density at radius 2 is 2.06 bits per heavy atom. The third-order valence-corrected chi connectivity index (χ3v) is 2.87. The lowest BCUT2D eigenvalue weighted by Crippen LogP contribution is -2.49. The van der Waals surface area contributed by atoms with Crippen LogP contribution in [-0.4, -0.2) is 42.5 Å². The zero-order valence-electron chi connectivity index (χ0n) is 10.2. The normalized spacial score (nSPS) is 20.7. The van der Waals surface area contributed by atoms with Crippen LogP contribution in [0, 0.1) is 5.92 Å². The summed E-state index contributed by atoms with van der Waals surface area (Å²) in [5.74, 6) is -2.65. The molecule has 0 bridgehead atoms. The lowest BCUT2D eigenvalue weighted by Gasteiger charge is -2.32. The first-order valence-corrected chi connectivity index (χ1v) is 6.00. The molecule has 0 aliphatic carbocycles. The van der Waals surface area contributed by atoms with Gasteiger partial charge >= 0.3 is 12.1 Å². The van der Waals surface area contributed by atoms with E-state index in [4.69, 9.17) is 0 Å². The summed E-state index contributed by atoms with van der Waals surface area (Å²) in [6.07, 6.45) is -3.14. The molecule has 1 saturated heterocycles. The van der Waals surface area contributed by atoms with E-state index in [1.807, 2.05) is 6.92 Å². The molecule has 7 heteroatoms. The van der Waals surface area contributed by atoms with Crippen LogP contribution in [-0.2, 0) is 9.59 Å². The van der Waals surface area contributed by atoms with Crippen molar-refractivity contribution in [2.24, 2.45) is 5.92 Å². The van der Waals surface area contributed by atoms with Gasteiger partial charge in [-0.15, -0.1) is 0 Å². The summed E-state index contributed by atoms with van der Waals surface area (Å²) in [4.78, 5) is 23.4. The fourth-order valence-corrected chi connectivity index (χ4v) is 1.95. The molecule has 1 fully saturated rings. The number of halogens is 3. The summed E-state index contributed by atoms with van der Waals surface area (Å²) >= 11 is 0. The largest absolute Gasteiger partial charge is 0.471 e. The molecule has 1 heterocycles. The molecule has 0 aromatic carbocycles. The Balaban J connectivity index is 2.56. The van der Waals surface area contributed by atoms with Gasteiger partial charge in [0.15, 0.2) is 0 Å². The van der Waals surface area contributed by atoms with Crippen molar-refractivity contribution < 1.29 is 22.8 Å². The van der Waals surface area contributed by atoms with E-state index in [-0.39, 0.29) is 19.0 Å². The number of nitrogens with one attached hydrogen (secondary N) is 1. The van der Waals surface area contributed by atoms with Crippen LogP contribution in [0.3, 0.4) is 0 Å². The highest BCUT2D eigenvalue weighted by molar-refractivity contribution is 5.84. The van der Waals surface area contributed by atoms with Crippen LogP contribution < -0.4 is 5.32 Å². The molecule has 1 N–H and O–H groups in total. The Labute approximate surface area is 104 Å². The van der Waals surface area contributed by atoms with Gasteiger partial charge in [-0.1, -0.05) is 6.92 Å². The zero-order chi connectivity index (χ0) is 13.8. The first kappa shape index (κ1) is 14.8. The van der Waals surface area contributed by atoms with Crippen molar-refractivity contribution in [2.75, 3.05) is 19.6 Å². The number of hydrogen-bond donors (Lipinski definition) is 1. The summed E-state index contributed by atoms with van der Waals surface area (Å²) in [7, 11) is 0. The number of likely N-dealkylation sites (tertiary alicyclic amines) is 1. The smallest absolute Gasteiger partial charge is 0.356 e. The van der Waals surface area contributed by atoms with Gasteiger partial charge in [0.25, 0.3) is 0 Å². The number of amides is 2. The van der Waals surface area contributed by atoms with Gasteiger partial charge in [-0.3, -0.25) is 9.59 Å². The van der Waals surface area contributed by atoms with E-state index in [9.17, 15) is 22.8 Å². The molecule has 18 heavy (non-hydrogen) atoms. The van der Waals surface area contributed by atoms with Gasteiger partial charge in [-0.25, -0.2) is 0 Å². The van der Waals surface area contributed by atoms with E-state index in [1.165, 1.54) is 0 Å². The van der Waals surface area contributed by atoms with E-state index >= 15 is 0 Å². The van der Waals surface area contributed by atoms with Crippen molar-refractivity contribution in [3.63, 3.8) is 0 Å². The third-order valence-electron chi connectivity index (χ3n) is 2.87. The molecule has 1 unspecified atom stereocenters. The number of nitrogens with zero attached hydrogens (tertiary/aromatic N) is 1. The summed E-state index contributed by atoms with van der Waals surface area (Å²) in [6.45, 7) is 2.31. The number of piperidine rings is 1. The third kappa shape index (κ3) is 3.89. The van der Waals surface area contributed by atoms with E-state index in [0.717, 1.165) is 11.3 Å². The van der Waals surface area contributed by atoms with Crippen LogP contribution in [0.1, 0.15) is 26.2 Å². The van der Waals surface area contributed by atoms with Crippen LogP contribution in [0.2, 0.25) is 0 Å². The number of hydrogen-bond acceptors (Lipinski definition) is 2. The van der Waals surface area contributed by atoms with Gasteiger partial charge in [0.2, 0.25) is 5.91 Å². The molecule has 104 valence electrons. The highest BCUT2D eigenvalue weighted by atomic mass is 19.4. The van der Waals surface area contributed by atoms with Crippen LogP contribution in [0.15, 0.2) is 0 Å². The van der Waals surface area contributed by atoms with Crippen molar-refractivity contribution in [2.45, 2.75) is 32.4 Å². The van der Waals surface area contributed by atoms with Crippen molar-refractivity contribution in [1.82, 2.24) is 10.2 Å². The van der Waals surface area contributed by atoms with Gasteiger partial charge < -0.3 is 10.2 Å². The molecule has 0 radical (unpaired) electrons. The molecule has 1 rings (SSSR count). The molecule has 0 aromatic heterocycles. The molecule has 1 aliphatic rings. The Morgan fingerprint density at radius 3 is 2.61 bits per heavy atom. The molecule has 1 aliphatic heterocycles. The second-order valence-corrected chi connectivity index (χ2v) is 4.38. The highest BCUT2D eigenvalue weighted by Crippen LogP contribution is 2.23. The van der Waals surface area contributed by atoms with Crippen molar-refractivity contribution >= 4 is 11.8 Å². The number of alkyl halides is 3. The number of carbonyl (C=O) groups is 2. The maximum absolute atomic E-state index is 12.3. The maximum Gasteiger partial charge on any atom is 0.471 e. The lowest BCUT2D eigenvalue weighted by molar-refractivity contribution is -0.187.